The van der Waals surface area contributed by atoms with Gasteiger partial charge in [-0.1, -0.05) is 0 Å². The van der Waals surface area contributed by atoms with Crippen molar-refractivity contribution in [2.75, 3.05) is 31.2 Å². The molecule has 22 heavy (non-hydrogen) atoms. The van der Waals surface area contributed by atoms with Crippen LogP contribution in [0.3, 0.4) is 0 Å². The minimum Gasteiger partial charge on any atom is -0.378 e. The molecule has 3 rings (SSSR count). The van der Waals surface area contributed by atoms with Crippen LogP contribution in [0.2, 0.25) is 0 Å². The molecule has 0 bridgehead atoms. The van der Waals surface area contributed by atoms with Crippen molar-refractivity contribution in [1.29, 1.82) is 0 Å². The van der Waals surface area contributed by atoms with Crippen LogP contribution in [0.15, 0.2) is 35.9 Å². The first-order valence-corrected chi connectivity index (χ1v) is 8.17. The molecule has 1 aromatic heterocycles. The quantitative estimate of drug-likeness (QED) is 0.642. The molecule has 0 N–H and O–H groups in total. The van der Waals surface area contributed by atoms with Crippen LogP contribution >= 0.6 is 11.3 Å². The monoisotopic (exact) mass is 314 g/mol. The van der Waals surface area contributed by atoms with Crippen LogP contribution in [-0.4, -0.2) is 37.1 Å². The second kappa shape index (κ2) is 6.85. The summed E-state index contributed by atoms with van der Waals surface area (Å²) in [6, 6.07) is 7.78. The van der Waals surface area contributed by atoms with E-state index in [1.807, 2.05) is 37.3 Å². The lowest BCUT2D eigenvalue weighted by molar-refractivity contribution is 0.104. The molecule has 2 aromatic rings. The fraction of sp³-hybridized carbons (Fsp3) is 0.294. The summed E-state index contributed by atoms with van der Waals surface area (Å²) in [4.78, 5) is 19.7. The van der Waals surface area contributed by atoms with Crippen molar-refractivity contribution in [3.05, 3.63) is 52.0 Å². The molecule has 1 fully saturated rings. The molecule has 1 aliphatic heterocycles. The van der Waals surface area contributed by atoms with Crippen molar-refractivity contribution in [1.82, 2.24) is 4.98 Å². The molecule has 0 atom stereocenters. The molecule has 1 aromatic carbocycles. The Hall–Kier alpha value is -1.98. The highest BCUT2D eigenvalue weighted by Gasteiger charge is 2.11. The van der Waals surface area contributed by atoms with Crippen molar-refractivity contribution in [2.45, 2.75) is 6.92 Å². The second-order valence-corrected chi connectivity index (χ2v) is 6.03. The third kappa shape index (κ3) is 3.43. The smallest absolute Gasteiger partial charge is 0.185 e. The van der Waals surface area contributed by atoms with E-state index < -0.39 is 0 Å². The highest BCUT2D eigenvalue weighted by atomic mass is 32.1. The summed E-state index contributed by atoms with van der Waals surface area (Å²) in [6.45, 7) is 5.27. The van der Waals surface area contributed by atoms with Gasteiger partial charge in [-0.25, -0.2) is 4.98 Å². The van der Waals surface area contributed by atoms with Crippen LogP contribution in [0.1, 0.15) is 20.9 Å². The molecule has 0 aliphatic carbocycles. The first-order chi connectivity index (χ1) is 10.7. The number of morpholine rings is 1. The van der Waals surface area contributed by atoms with Crippen LogP contribution in [0, 0.1) is 6.92 Å². The molecule has 1 aliphatic rings. The number of aromatic nitrogens is 1. The maximum Gasteiger partial charge on any atom is 0.185 e. The summed E-state index contributed by atoms with van der Waals surface area (Å²) in [5.74, 6) is 0.0151. The Morgan fingerprint density at radius 2 is 2.00 bits per heavy atom. The Balaban J connectivity index is 1.68. The summed E-state index contributed by atoms with van der Waals surface area (Å²) in [7, 11) is 0. The first-order valence-electron chi connectivity index (χ1n) is 7.29. The molecule has 1 saturated heterocycles. The van der Waals surface area contributed by atoms with Gasteiger partial charge in [-0.3, -0.25) is 4.79 Å². The number of aryl methyl sites for hydroxylation is 1. The van der Waals surface area contributed by atoms with Gasteiger partial charge >= 0.3 is 0 Å². The standard InChI is InChI=1S/C17H18N2O2S/c1-13-17(22-12-18-13)7-6-16(20)14-2-4-15(5-3-14)19-8-10-21-11-9-19/h2-7,12H,8-11H2,1H3/b7-6+. The molecule has 0 amide bonds. The molecular weight excluding hydrogens is 296 g/mol. The Morgan fingerprint density at radius 1 is 1.27 bits per heavy atom. The average Bonchev–Trinajstić information content (AvgIpc) is 2.99. The number of anilines is 1. The van der Waals surface area contributed by atoms with Crippen molar-refractivity contribution >= 4 is 28.9 Å². The van der Waals surface area contributed by atoms with Gasteiger partial charge in [0.05, 0.1) is 24.4 Å². The third-order valence-corrected chi connectivity index (χ3v) is 4.59. The number of nitrogens with zero attached hydrogens (tertiary/aromatic N) is 2. The van der Waals surface area contributed by atoms with E-state index in [9.17, 15) is 4.79 Å². The maximum atomic E-state index is 12.2. The molecule has 2 heterocycles. The lowest BCUT2D eigenvalue weighted by Crippen LogP contribution is -2.36. The van der Waals surface area contributed by atoms with E-state index in [1.165, 1.54) is 11.3 Å². The largest absolute Gasteiger partial charge is 0.378 e. The van der Waals surface area contributed by atoms with E-state index in [4.69, 9.17) is 4.74 Å². The number of hydrogen-bond donors (Lipinski definition) is 0. The molecule has 0 saturated carbocycles. The molecule has 0 spiro atoms. The van der Waals surface area contributed by atoms with Crippen LogP contribution in [0.25, 0.3) is 6.08 Å². The molecule has 5 heteroatoms. The molecule has 0 radical (unpaired) electrons. The Kier molecular flexibility index (Phi) is 4.65. The normalized spacial score (nSPS) is 15.4. The summed E-state index contributed by atoms with van der Waals surface area (Å²) in [5.41, 5.74) is 4.59. The van der Waals surface area contributed by atoms with Crippen molar-refractivity contribution in [2.24, 2.45) is 0 Å². The lowest BCUT2D eigenvalue weighted by Gasteiger charge is -2.28. The van der Waals surface area contributed by atoms with Gasteiger partial charge in [0.15, 0.2) is 5.78 Å². The number of ketones is 1. The van der Waals surface area contributed by atoms with Crippen LogP contribution in [0.4, 0.5) is 5.69 Å². The summed E-state index contributed by atoms with van der Waals surface area (Å²) >= 11 is 1.54. The van der Waals surface area contributed by atoms with Crippen LogP contribution in [-0.2, 0) is 4.74 Å². The molecular formula is C17H18N2O2S. The summed E-state index contributed by atoms with van der Waals surface area (Å²) < 4.78 is 5.35. The predicted molar refractivity (Wildman–Crippen MR) is 89.7 cm³/mol. The summed E-state index contributed by atoms with van der Waals surface area (Å²) in [6.07, 6.45) is 3.45. The van der Waals surface area contributed by atoms with E-state index in [0.29, 0.717) is 5.56 Å². The van der Waals surface area contributed by atoms with Gasteiger partial charge in [-0.05, 0) is 43.3 Å². The van der Waals surface area contributed by atoms with Crippen LogP contribution < -0.4 is 4.90 Å². The number of allylic oxidation sites excluding steroid dienone is 1. The van der Waals surface area contributed by atoms with E-state index in [0.717, 1.165) is 42.6 Å². The minimum absolute atomic E-state index is 0.0151. The topological polar surface area (TPSA) is 42.4 Å². The fourth-order valence-electron chi connectivity index (χ4n) is 2.38. The van der Waals surface area contributed by atoms with Gasteiger partial charge < -0.3 is 9.64 Å². The number of carbonyl (C=O) groups excluding carboxylic acids is 1. The summed E-state index contributed by atoms with van der Waals surface area (Å²) in [5, 5.41) is 0. The Labute approximate surface area is 134 Å². The Bertz CT molecular complexity index is 670. The highest BCUT2D eigenvalue weighted by Crippen LogP contribution is 2.18. The lowest BCUT2D eigenvalue weighted by atomic mass is 10.1. The van der Waals surface area contributed by atoms with Crippen molar-refractivity contribution in [3.8, 4) is 0 Å². The van der Waals surface area contributed by atoms with Crippen LogP contribution in [0.5, 0.6) is 0 Å². The van der Waals surface area contributed by atoms with E-state index in [1.54, 1.807) is 11.6 Å². The molecule has 0 unspecified atom stereocenters. The maximum absolute atomic E-state index is 12.2. The zero-order chi connectivity index (χ0) is 15.4. The predicted octanol–water partition coefficient (Wildman–Crippen LogP) is 3.18. The van der Waals surface area contributed by atoms with Gasteiger partial charge in [0.1, 0.15) is 0 Å². The number of benzene rings is 1. The molecule has 114 valence electrons. The zero-order valence-electron chi connectivity index (χ0n) is 12.5. The highest BCUT2D eigenvalue weighted by molar-refractivity contribution is 7.10. The zero-order valence-corrected chi connectivity index (χ0v) is 13.3. The minimum atomic E-state index is 0.0151. The molecule has 4 nitrogen and oxygen atoms in total. The second-order valence-electron chi connectivity index (χ2n) is 5.15. The van der Waals surface area contributed by atoms with Crippen molar-refractivity contribution < 1.29 is 9.53 Å². The third-order valence-electron chi connectivity index (χ3n) is 3.70. The van der Waals surface area contributed by atoms with E-state index in [-0.39, 0.29) is 5.78 Å². The van der Waals surface area contributed by atoms with Gasteiger partial charge in [-0.2, -0.15) is 0 Å². The van der Waals surface area contributed by atoms with E-state index in [2.05, 4.69) is 9.88 Å². The number of thiazole rings is 1. The van der Waals surface area contributed by atoms with Gasteiger partial charge in [-0.15, -0.1) is 11.3 Å². The number of carbonyl (C=O) groups is 1. The van der Waals surface area contributed by atoms with Gasteiger partial charge in [0.2, 0.25) is 0 Å². The van der Waals surface area contributed by atoms with Crippen molar-refractivity contribution in [3.63, 3.8) is 0 Å². The van der Waals surface area contributed by atoms with E-state index >= 15 is 0 Å². The average molecular weight is 314 g/mol. The number of ether oxygens (including phenoxy) is 1. The number of rotatable bonds is 4. The first kappa shape index (κ1) is 14.9. The van der Waals surface area contributed by atoms with Gasteiger partial charge in [0.25, 0.3) is 0 Å². The number of hydrogen-bond acceptors (Lipinski definition) is 5. The SMILES string of the molecule is Cc1ncsc1/C=C/C(=O)c1ccc(N2CCOCC2)cc1. The fourth-order valence-corrected chi connectivity index (χ4v) is 3.07. The van der Waals surface area contributed by atoms with Gasteiger partial charge in [0, 0.05) is 29.2 Å². The Morgan fingerprint density at radius 3 is 2.64 bits per heavy atom.